The van der Waals surface area contributed by atoms with Gasteiger partial charge in [0.1, 0.15) is 6.10 Å². The van der Waals surface area contributed by atoms with E-state index in [0.717, 1.165) is 6.42 Å². The van der Waals surface area contributed by atoms with Crippen molar-refractivity contribution in [2.45, 2.75) is 65.8 Å². The Morgan fingerprint density at radius 2 is 1.76 bits per heavy atom. The molecule has 3 aliphatic rings. The molecule has 3 fully saturated rings. The van der Waals surface area contributed by atoms with Crippen LogP contribution in [0.2, 0.25) is 0 Å². The molecule has 1 unspecified atom stereocenters. The van der Waals surface area contributed by atoms with Crippen molar-refractivity contribution in [2.24, 2.45) is 34.5 Å². The van der Waals surface area contributed by atoms with Gasteiger partial charge in [0.15, 0.2) is 0 Å². The summed E-state index contributed by atoms with van der Waals surface area (Å²) in [5.74, 6) is 1.01. The van der Waals surface area contributed by atoms with Crippen LogP contribution in [0, 0.1) is 34.5 Å². The van der Waals surface area contributed by atoms with E-state index in [4.69, 9.17) is 4.74 Å². The molecule has 0 saturated heterocycles. The molecular formula is C17H28O4. The van der Waals surface area contributed by atoms with Gasteiger partial charge in [-0.15, -0.1) is 0 Å². The van der Waals surface area contributed by atoms with E-state index in [9.17, 15) is 15.0 Å². The van der Waals surface area contributed by atoms with Crippen LogP contribution in [0.25, 0.3) is 0 Å². The molecule has 4 bridgehead atoms. The number of carbonyl (C=O) groups is 1. The normalized spacial score (nSPS) is 54.3. The molecule has 4 heteroatoms. The second-order valence-electron chi connectivity index (χ2n) is 8.41. The molecule has 0 aromatic rings. The fourth-order valence-corrected chi connectivity index (χ4v) is 6.14. The van der Waals surface area contributed by atoms with E-state index in [1.54, 1.807) is 0 Å². The van der Waals surface area contributed by atoms with E-state index in [2.05, 4.69) is 20.8 Å². The topological polar surface area (TPSA) is 66.8 Å². The molecule has 3 saturated carbocycles. The quantitative estimate of drug-likeness (QED) is 0.726. The van der Waals surface area contributed by atoms with Crippen molar-refractivity contribution in [1.29, 1.82) is 0 Å². The van der Waals surface area contributed by atoms with Gasteiger partial charge in [0.2, 0.25) is 0 Å². The molecule has 0 amide bonds. The molecule has 3 rings (SSSR count). The van der Waals surface area contributed by atoms with Crippen molar-refractivity contribution in [1.82, 2.24) is 0 Å². The van der Waals surface area contributed by atoms with Crippen LogP contribution in [0.3, 0.4) is 0 Å². The smallest absolute Gasteiger partial charge is 0.302 e. The van der Waals surface area contributed by atoms with Crippen LogP contribution < -0.4 is 0 Å². The molecular weight excluding hydrogens is 268 g/mol. The van der Waals surface area contributed by atoms with E-state index in [1.165, 1.54) is 6.92 Å². The molecule has 0 aromatic carbocycles. The summed E-state index contributed by atoms with van der Waals surface area (Å²) in [7, 11) is 0. The van der Waals surface area contributed by atoms with E-state index >= 15 is 0 Å². The van der Waals surface area contributed by atoms with Crippen molar-refractivity contribution in [3.8, 4) is 0 Å². The Labute approximate surface area is 126 Å². The molecule has 0 spiro atoms. The minimum Gasteiger partial charge on any atom is -0.462 e. The van der Waals surface area contributed by atoms with Gasteiger partial charge >= 0.3 is 5.97 Å². The van der Waals surface area contributed by atoms with Gasteiger partial charge in [0.05, 0.1) is 12.2 Å². The highest BCUT2D eigenvalue weighted by Crippen LogP contribution is 2.70. The van der Waals surface area contributed by atoms with Gasteiger partial charge in [0.25, 0.3) is 0 Å². The Morgan fingerprint density at radius 3 is 2.33 bits per heavy atom. The average Bonchev–Trinajstić information content (AvgIpc) is 2.80. The fourth-order valence-electron chi connectivity index (χ4n) is 6.14. The molecule has 0 aromatic heterocycles. The number of ether oxygens (including phenoxy) is 1. The Kier molecular flexibility index (Phi) is 3.24. The molecule has 120 valence electrons. The van der Waals surface area contributed by atoms with E-state index in [1.807, 2.05) is 6.92 Å². The maximum Gasteiger partial charge on any atom is 0.302 e. The third kappa shape index (κ3) is 1.78. The maximum atomic E-state index is 11.5. The number of aliphatic hydroxyl groups excluding tert-OH is 2. The van der Waals surface area contributed by atoms with Crippen LogP contribution in [0.15, 0.2) is 0 Å². The zero-order valence-electron chi connectivity index (χ0n) is 13.7. The highest BCUT2D eigenvalue weighted by atomic mass is 16.5. The predicted octanol–water partition coefficient (Wildman–Crippen LogP) is 1.98. The van der Waals surface area contributed by atoms with E-state index in [0.29, 0.717) is 24.2 Å². The number of hydrogen-bond acceptors (Lipinski definition) is 4. The summed E-state index contributed by atoms with van der Waals surface area (Å²) < 4.78 is 5.57. The second kappa shape index (κ2) is 4.45. The van der Waals surface area contributed by atoms with Crippen molar-refractivity contribution in [3.63, 3.8) is 0 Å². The molecule has 0 aliphatic heterocycles. The minimum atomic E-state index is -0.626. The Bertz CT molecular complexity index is 460. The van der Waals surface area contributed by atoms with Gasteiger partial charge in [-0.25, -0.2) is 0 Å². The summed E-state index contributed by atoms with van der Waals surface area (Å²) in [6, 6.07) is 0. The number of aliphatic hydroxyl groups is 2. The summed E-state index contributed by atoms with van der Waals surface area (Å²) in [4.78, 5) is 11.5. The largest absolute Gasteiger partial charge is 0.462 e. The van der Waals surface area contributed by atoms with Gasteiger partial charge in [-0.3, -0.25) is 4.79 Å². The molecule has 0 radical (unpaired) electrons. The molecule has 2 N–H and O–H groups in total. The second-order valence-corrected chi connectivity index (χ2v) is 8.41. The first-order chi connectivity index (χ1) is 9.61. The lowest BCUT2D eigenvalue weighted by Gasteiger charge is -2.45. The molecule has 8 atom stereocenters. The lowest BCUT2D eigenvalue weighted by atomic mass is 9.64. The summed E-state index contributed by atoms with van der Waals surface area (Å²) in [5, 5.41) is 21.6. The van der Waals surface area contributed by atoms with Gasteiger partial charge < -0.3 is 14.9 Å². The van der Waals surface area contributed by atoms with E-state index < -0.39 is 17.6 Å². The highest BCUT2D eigenvalue weighted by molar-refractivity contribution is 5.66. The van der Waals surface area contributed by atoms with Crippen molar-refractivity contribution >= 4 is 5.97 Å². The van der Waals surface area contributed by atoms with Crippen LogP contribution in [-0.2, 0) is 9.53 Å². The first-order valence-corrected chi connectivity index (χ1v) is 8.15. The van der Waals surface area contributed by atoms with Crippen molar-refractivity contribution in [2.75, 3.05) is 0 Å². The summed E-state index contributed by atoms with van der Waals surface area (Å²) in [5.41, 5.74) is -0.693. The first-order valence-electron chi connectivity index (χ1n) is 8.15. The SMILES string of the molecule is CC(=O)O[C@@H]1C[C@@H](O)[C@@]2(C)C(O)[C@@H]3C[C@H](C)[C@H]2[C@@H]3C1(C)C. The Hall–Kier alpha value is -0.610. The molecule has 0 heterocycles. The van der Waals surface area contributed by atoms with Crippen LogP contribution in [0.4, 0.5) is 0 Å². The van der Waals surface area contributed by atoms with Crippen LogP contribution >= 0.6 is 0 Å². The summed E-state index contributed by atoms with van der Waals surface area (Å²) in [6.45, 7) is 9.97. The maximum absolute atomic E-state index is 11.5. The lowest BCUT2D eigenvalue weighted by molar-refractivity contribution is -0.162. The zero-order valence-corrected chi connectivity index (χ0v) is 13.7. The zero-order chi connectivity index (χ0) is 15.7. The monoisotopic (exact) mass is 296 g/mol. The number of carbonyl (C=O) groups excluding carboxylic acids is 1. The van der Waals surface area contributed by atoms with Crippen LogP contribution in [0.1, 0.15) is 47.5 Å². The summed E-state index contributed by atoms with van der Waals surface area (Å²) >= 11 is 0. The Morgan fingerprint density at radius 1 is 1.14 bits per heavy atom. The standard InChI is InChI=1S/C17H28O4/c1-8-6-10-14-13(8)17(5,15(10)20)11(19)7-12(16(14,3)4)21-9(2)18/h8,10-15,19-20H,6-7H2,1-5H3/t8-,10+,11+,12+,13-,14+,15?,17+/m0/s1. The third-order valence-electron chi connectivity index (χ3n) is 7.02. The minimum absolute atomic E-state index is 0.206. The first kappa shape index (κ1) is 15.3. The van der Waals surface area contributed by atoms with Gasteiger partial charge in [0, 0.05) is 24.2 Å². The average molecular weight is 296 g/mol. The number of hydrogen-bond donors (Lipinski definition) is 2. The predicted molar refractivity (Wildman–Crippen MR) is 78.3 cm³/mol. The van der Waals surface area contributed by atoms with Gasteiger partial charge in [-0.2, -0.15) is 0 Å². The molecule has 3 aliphatic carbocycles. The van der Waals surface area contributed by atoms with Crippen LogP contribution in [0.5, 0.6) is 0 Å². The van der Waals surface area contributed by atoms with Crippen molar-refractivity contribution < 1.29 is 19.7 Å². The molecule has 4 nitrogen and oxygen atoms in total. The van der Waals surface area contributed by atoms with E-state index in [-0.39, 0.29) is 23.4 Å². The fraction of sp³-hybridized carbons (Fsp3) is 0.941. The Balaban J connectivity index is 2.07. The van der Waals surface area contributed by atoms with Gasteiger partial charge in [-0.05, 0) is 30.1 Å². The lowest BCUT2D eigenvalue weighted by Crippen LogP contribution is -2.51. The summed E-state index contributed by atoms with van der Waals surface area (Å²) in [6.07, 6.45) is 0.0801. The highest BCUT2D eigenvalue weighted by Gasteiger charge is 2.71. The van der Waals surface area contributed by atoms with Crippen LogP contribution in [-0.4, -0.2) is 34.5 Å². The van der Waals surface area contributed by atoms with Gasteiger partial charge in [-0.1, -0.05) is 27.7 Å². The molecule has 21 heavy (non-hydrogen) atoms. The third-order valence-corrected chi connectivity index (χ3v) is 7.02. The van der Waals surface area contributed by atoms with Crippen molar-refractivity contribution in [3.05, 3.63) is 0 Å². The number of rotatable bonds is 1. The number of esters is 1.